The summed E-state index contributed by atoms with van der Waals surface area (Å²) in [4.78, 5) is 28.4. The third-order valence-corrected chi connectivity index (χ3v) is 8.43. The van der Waals surface area contributed by atoms with E-state index < -0.39 is 40.2 Å². The minimum Gasteiger partial charge on any atom is -0.352 e. The minimum absolute atomic E-state index is 0.0487. The summed E-state index contributed by atoms with van der Waals surface area (Å²) in [5, 5.41) is 3.41. The van der Waals surface area contributed by atoms with Gasteiger partial charge in [0, 0.05) is 28.2 Å². The predicted molar refractivity (Wildman–Crippen MR) is 152 cm³/mol. The highest BCUT2D eigenvalue weighted by Crippen LogP contribution is 2.29. The summed E-state index contributed by atoms with van der Waals surface area (Å²) in [7, 11) is -4.25. The smallest absolute Gasteiger partial charge is 0.264 e. The van der Waals surface area contributed by atoms with Gasteiger partial charge >= 0.3 is 0 Å². The number of carbonyl (C=O) groups excluding carboxylic acids is 2. The highest BCUT2D eigenvalue weighted by Gasteiger charge is 2.34. The molecule has 3 aromatic carbocycles. The molecule has 208 valence electrons. The SMILES string of the molecule is CCC(C(=O)NC(C)C)N(Cc1c(Cl)cccc1Cl)C(=O)CN(c1ccc(F)cc1)S(=O)(=O)c1ccccc1. The summed E-state index contributed by atoms with van der Waals surface area (Å²) in [6.07, 6.45) is 0.244. The summed E-state index contributed by atoms with van der Waals surface area (Å²) < 4.78 is 42.0. The van der Waals surface area contributed by atoms with Gasteiger partial charge < -0.3 is 10.2 Å². The molecule has 0 saturated carbocycles. The normalized spacial score (nSPS) is 12.2. The standard InChI is InChI=1S/C28H30Cl2FN3O4S/c1-4-26(28(36)32-19(2)3)33(17-23-24(29)11-8-12-25(23)30)27(35)18-34(21-15-13-20(31)14-16-21)39(37,38)22-9-6-5-7-10-22/h5-16,19,26H,4,17-18H2,1-3H3,(H,32,36). The maximum atomic E-state index is 14.0. The summed E-state index contributed by atoms with van der Waals surface area (Å²) in [6, 6.07) is 16.1. The first-order valence-corrected chi connectivity index (χ1v) is 14.5. The van der Waals surface area contributed by atoms with Gasteiger partial charge in [-0.05, 0) is 68.8 Å². The number of carbonyl (C=O) groups is 2. The van der Waals surface area contributed by atoms with Crippen molar-refractivity contribution in [1.29, 1.82) is 0 Å². The Labute approximate surface area is 238 Å². The fourth-order valence-corrected chi connectivity index (χ4v) is 5.96. The Morgan fingerprint density at radius 2 is 1.51 bits per heavy atom. The summed E-state index contributed by atoms with van der Waals surface area (Å²) in [5.41, 5.74) is 0.508. The molecule has 1 unspecified atom stereocenters. The van der Waals surface area contributed by atoms with Crippen LogP contribution in [-0.4, -0.2) is 43.8 Å². The van der Waals surface area contributed by atoms with Gasteiger partial charge in [-0.1, -0.05) is 54.4 Å². The topological polar surface area (TPSA) is 86.8 Å². The average molecular weight is 595 g/mol. The third-order valence-electron chi connectivity index (χ3n) is 5.93. The average Bonchev–Trinajstić information content (AvgIpc) is 2.89. The van der Waals surface area contributed by atoms with E-state index in [4.69, 9.17) is 23.2 Å². The van der Waals surface area contributed by atoms with Crippen molar-refractivity contribution in [3.8, 4) is 0 Å². The number of benzene rings is 3. The zero-order valence-corrected chi connectivity index (χ0v) is 24.1. The van der Waals surface area contributed by atoms with Crippen molar-refractivity contribution in [2.45, 2.75) is 50.7 Å². The van der Waals surface area contributed by atoms with Crippen molar-refractivity contribution in [1.82, 2.24) is 10.2 Å². The number of nitrogens with one attached hydrogen (secondary N) is 1. The van der Waals surface area contributed by atoms with Crippen LogP contribution < -0.4 is 9.62 Å². The van der Waals surface area contributed by atoms with E-state index in [2.05, 4.69) is 5.32 Å². The van der Waals surface area contributed by atoms with E-state index in [0.29, 0.717) is 15.6 Å². The molecule has 1 N–H and O–H groups in total. The number of anilines is 1. The monoisotopic (exact) mass is 593 g/mol. The fraction of sp³-hybridized carbons (Fsp3) is 0.286. The molecule has 3 aromatic rings. The molecule has 0 bridgehead atoms. The second-order valence-electron chi connectivity index (χ2n) is 9.11. The van der Waals surface area contributed by atoms with E-state index in [1.54, 1.807) is 57.2 Å². The zero-order valence-electron chi connectivity index (χ0n) is 21.8. The Hall–Kier alpha value is -3.14. The Morgan fingerprint density at radius 1 is 0.923 bits per heavy atom. The number of hydrogen-bond donors (Lipinski definition) is 1. The van der Waals surface area contributed by atoms with Gasteiger partial charge in [-0.15, -0.1) is 0 Å². The molecule has 7 nitrogen and oxygen atoms in total. The number of rotatable bonds is 11. The van der Waals surface area contributed by atoms with Gasteiger partial charge in [-0.3, -0.25) is 13.9 Å². The van der Waals surface area contributed by atoms with E-state index in [1.807, 2.05) is 0 Å². The highest BCUT2D eigenvalue weighted by atomic mass is 35.5. The van der Waals surface area contributed by atoms with Crippen LogP contribution in [0.4, 0.5) is 10.1 Å². The van der Waals surface area contributed by atoms with Gasteiger partial charge in [0.05, 0.1) is 10.6 Å². The number of nitrogens with zero attached hydrogens (tertiary/aromatic N) is 2. The van der Waals surface area contributed by atoms with Gasteiger partial charge in [-0.2, -0.15) is 0 Å². The van der Waals surface area contributed by atoms with Crippen LogP contribution >= 0.6 is 23.2 Å². The maximum absolute atomic E-state index is 14.0. The lowest BCUT2D eigenvalue weighted by Crippen LogP contribution is -2.53. The first-order valence-electron chi connectivity index (χ1n) is 12.3. The Balaban J connectivity index is 2.09. The Morgan fingerprint density at radius 3 is 2.05 bits per heavy atom. The molecule has 0 saturated heterocycles. The molecule has 0 spiro atoms. The van der Waals surface area contributed by atoms with Crippen LogP contribution in [0, 0.1) is 5.82 Å². The van der Waals surface area contributed by atoms with E-state index in [9.17, 15) is 22.4 Å². The molecular formula is C28H30Cl2FN3O4S. The van der Waals surface area contributed by atoms with Crippen LogP contribution in [0.3, 0.4) is 0 Å². The molecule has 0 aromatic heterocycles. The van der Waals surface area contributed by atoms with E-state index in [1.165, 1.54) is 29.2 Å². The van der Waals surface area contributed by atoms with Crippen molar-refractivity contribution in [2.24, 2.45) is 0 Å². The van der Waals surface area contributed by atoms with Gasteiger partial charge in [0.25, 0.3) is 10.0 Å². The van der Waals surface area contributed by atoms with Crippen molar-refractivity contribution < 1.29 is 22.4 Å². The molecule has 2 amide bonds. The van der Waals surface area contributed by atoms with Gasteiger partial charge in [0.1, 0.15) is 18.4 Å². The maximum Gasteiger partial charge on any atom is 0.264 e. The Kier molecular flexibility index (Phi) is 10.4. The first-order chi connectivity index (χ1) is 18.4. The van der Waals surface area contributed by atoms with Gasteiger partial charge in [-0.25, -0.2) is 12.8 Å². The van der Waals surface area contributed by atoms with Crippen molar-refractivity contribution in [3.63, 3.8) is 0 Å². The first kappa shape index (κ1) is 30.4. The summed E-state index contributed by atoms with van der Waals surface area (Å²) in [5.74, 6) is -1.63. The van der Waals surface area contributed by atoms with Crippen molar-refractivity contribution in [2.75, 3.05) is 10.8 Å². The molecule has 39 heavy (non-hydrogen) atoms. The zero-order chi connectivity index (χ0) is 28.7. The quantitative estimate of drug-likeness (QED) is 0.311. The molecule has 11 heteroatoms. The van der Waals surface area contributed by atoms with E-state index in [-0.39, 0.29) is 29.6 Å². The molecule has 0 fully saturated rings. The molecular weight excluding hydrogens is 564 g/mol. The minimum atomic E-state index is -4.25. The van der Waals surface area contributed by atoms with Crippen LogP contribution in [0.15, 0.2) is 77.7 Å². The van der Waals surface area contributed by atoms with Gasteiger partial charge in [0.2, 0.25) is 11.8 Å². The molecule has 1 atom stereocenters. The highest BCUT2D eigenvalue weighted by molar-refractivity contribution is 7.92. The number of hydrogen-bond acceptors (Lipinski definition) is 4. The lowest BCUT2D eigenvalue weighted by Gasteiger charge is -2.34. The molecule has 0 aliphatic carbocycles. The van der Waals surface area contributed by atoms with Crippen LogP contribution in [0.25, 0.3) is 0 Å². The number of halogens is 3. The molecule has 0 radical (unpaired) electrons. The second-order valence-corrected chi connectivity index (χ2v) is 11.8. The fourth-order valence-electron chi connectivity index (χ4n) is 4.01. The van der Waals surface area contributed by atoms with Crippen LogP contribution in [0.1, 0.15) is 32.8 Å². The van der Waals surface area contributed by atoms with Crippen LogP contribution in [0.5, 0.6) is 0 Å². The van der Waals surface area contributed by atoms with E-state index >= 15 is 0 Å². The lowest BCUT2D eigenvalue weighted by molar-refractivity contribution is -0.140. The second kappa shape index (κ2) is 13.3. The van der Waals surface area contributed by atoms with Crippen LogP contribution in [0.2, 0.25) is 10.0 Å². The van der Waals surface area contributed by atoms with E-state index in [0.717, 1.165) is 16.4 Å². The largest absolute Gasteiger partial charge is 0.352 e. The van der Waals surface area contributed by atoms with Crippen LogP contribution in [-0.2, 0) is 26.2 Å². The van der Waals surface area contributed by atoms with Crippen molar-refractivity contribution >= 4 is 50.7 Å². The number of sulfonamides is 1. The third kappa shape index (κ3) is 7.50. The molecule has 3 rings (SSSR count). The molecule has 0 aliphatic heterocycles. The summed E-state index contributed by atoms with van der Waals surface area (Å²) in [6.45, 7) is 4.55. The molecule has 0 heterocycles. The predicted octanol–water partition coefficient (Wildman–Crippen LogP) is 5.66. The van der Waals surface area contributed by atoms with Gasteiger partial charge in [0.15, 0.2) is 0 Å². The summed E-state index contributed by atoms with van der Waals surface area (Å²) >= 11 is 12.8. The lowest BCUT2D eigenvalue weighted by atomic mass is 10.1. The Bertz CT molecular complexity index is 1380. The molecule has 0 aliphatic rings. The van der Waals surface area contributed by atoms with Crippen molar-refractivity contribution in [3.05, 3.63) is 94.2 Å². The number of amides is 2.